The number of thioether (sulfide) groups is 1. The SMILES string of the molecule is Cc1ccc(-c2nnc(SCCCCC(=O)N3CCC4(CC3)OCCO4)n2-c2ccc(Cl)c(Cl)c2)cc1. The molecule has 2 saturated heterocycles. The molecule has 37 heavy (non-hydrogen) atoms. The van der Waals surface area contributed by atoms with E-state index in [9.17, 15) is 4.79 Å². The number of nitrogens with zero attached hydrogens (tertiary/aromatic N) is 4. The van der Waals surface area contributed by atoms with Gasteiger partial charge in [-0.2, -0.15) is 0 Å². The fourth-order valence-corrected chi connectivity index (χ4v) is 5.94. The molecule has 1 spiro atoms. The number of carbonyl (C=O) groups is 1. The summed E-state index contributed by atoms with van der Waals surface area (Å²) in [5, 5.41) is 10.7. The van der Waals surface area contributed by atoms with Crippen molar-refractivity contribution in [3.63, 3.8) is 0 Å². The van der Waals surface area contributed by atoms with Crippen LogP contribution in [0, 0.1) is 6.92 Å². The first-order chi connectivity index (χ1) is 17.9. The van der Waals surface area contributed by atoms with Crippen molar-refractivity contribution in [1.82, 2.24) is 19.7 Å². The number of hydrogen-bond acceptors (Lipinski definition) is 6. The number of aryl methyl sites for hydroxylation is 1. The third-order valence-electron chi connectivity index (χ3n) is 6.81. The Labute approximate surface area is 231 Å². The number of carbonyl (C=O) groups excluding carboxylic acids is 1. The molecule has 1 amide bonds. The third kappa shape index (κ3) is 6.15. The Hall–Kier alpha value is -2.10. The van der Waals surface area contributed by atoms with E-state index in [0.717, 1.165) is 53.7 Å². The van der Waals surface area contributed by atoms with Crippen LogP contribution in [0.1, 0.15) is 37.7 Å². The number of aromatic nitrogens is 3. The second kappa shape index (κ2) is 11.7. The molecule has 3 aromatic rings. The third-order valence-corrected chi connectivity index (χ3v) is 8.57. The molecule has 0 unspecified atom stereocenters. The minimum atomic E-state index is -0.449. The predicted octanol–water partition coefficient (Wildman–Crippen LogP) is 6.18. The summed E-state index contributed by atoms with van der Waals surface area (Å²) in [6.45, 7) is 4.75. The van der Waals surface area contributed by atoms with Gasteiger partial charge in [-0.05, 0) is 38.0 Å². The lowest BCUT2D eigenvalue weighted by Crippen LogP contribution is -2.47. The monoisotopic (exact) mass is 560 g/mol. The molecule has 10 heteroatoms. The van der Waals surface area contributed by atoms with E-state index in [1.54, 1.807) is 17.8 Å². The molecule has 2 fully saturated rings. The lowest BCUT2D eigenvalue weighted by Gasteiger charge is -2.37. The molecule has 0 N–H and O–H groups in total. The first-order valence-corrected chi connectivity index (χ1v) is 14.3. The van der Waals surface area contributed by atoms with Gasteiger partial charge in [-0.1, -0.05) is 64.8 Å². The summed E-state index contributed by atoms with van der Waals surface area (Å²) in [6, 6.07) is 13.7. The summed E-state index contributed by atoms with van der Waals surface area (Å²) >= 11 is 14.1. The molecule has 0 saturated carbocycles. The van der Waals surface area contributed by atoms with Gasteiger partial charge in [0.25, 0.3) is 0 Å². The van der Waals surface area contributed by atoms with Crippen LogP contribution >= 0.6 is 35.0 Å². The summed E-state index contributed by atoms with van der Waals surface area (Å²) in [6.07, 6.45) is 3.77. The maximum Gasteiger partial charge on any atom is 0.222 e. The first-order valence-electron chi connectivity index (χ1n) is 12.6. The zero-order valence-electron chi connectivity index (χ0n) is 20.8. The standard InChI is InChI=1S/C27H30Cl2N4O3S/c1-19-5-7-20(8-6-19)25-30-31-26(33(25)21-9-10-22(28)23(29)18-21)37-17-3-2-4-24(34)32-13-11-27(12-14-32)35-15-16-36-27/h5-10,18H,2-4,11-17H2,1H3. The number of hydrogen-bond donors (Lipinski definition) is 0. The Kier molecular flexibility index (Phi) is 8.41. The molecule has 196 valence electrons. The highest BCUT2D eigenvalue weighted by molar-refractivity contribution is 7.99. The van der Waals surface area contributed by atoms with E-state index in [-0.39, 0.29) is 5.91 Å². The van der Waals surface area contributed by atoms with Crippen LogP contribution in [-0.4, -0.2) is 63.4 Å². The molecule has 0 aliphatic carbocycles. The number of piperidine rings is 1. The number of amides is 1. The Morgan fingerprint density at radius 2 is 1.73 bits per heavy atom. The highest BCUT2D eigenvalue weighted by atomic mass is 35.5. The number of likely N-dealkylation sites (tertiary alicyclic amines) is 1. The maximum absolute atomic E-state index is 12.7. The van der Waals surface area contributed by atoms with Gasteiger partial charge in [0.2, 0.25) is 5.91 Å². The molecule has 3 heterocycles. The van der Waals surface area contributed by atoms with Crippen molar-refractivity contribution in [3.8, 4) is 17.1 Å². The van der Waals surface area contributed by atoms with Crippen LogP contribution in [0.3, 0.4) is 0 Å². The summed E-state index contributed by atoms with van der Waals surface area (Å²) in [5.74, 6) is 1.33. The Morgan fingerprint density at radius 1 is 1.00 bits per heavy atom. The quantitative estimate of drug-likeness (QED) is 0.242. The molecule has 0 atom stereocenters. The zero-order chi connectivity index (χ0) is 25.8. The Balaban J connectivity index is 1.19. The fourth-order valence-electron chi connectivity index (χ4n) is 4.69. The van der Waals surface area contributed by atoms with Crippen molar-refractivity contribution in [1.29, 1.82) is 0 Å². The van der Waals surface area contributed by atoms with Crippen molar-refractivity contribution >= 4 is 40.9 Å². The number of benzene rings is 2. The van der Waals surface area contributed by atoms with Crippen molar-refractivity contribution in [2.45, 2.75) is 50.0 Å². The minimum absolute atomic E-state index is 0.207. The minimum Gasteiger partial charge on any atom is -0.347 e. The normalized spacial score (nSPS) is 17.0. The summed E-state index contributed by atoms with van der Waals surface area (Å²) in [4.78, 5) is 14.6. The van der Waals surface area contributed by atoms with Gasteiger partial charge >= 0.3 is 0 Å². The largest absolute Gasteiger partial charge is 0.347 e. The molecule has 0 bridgehead atoms. The average Bonchev–Trinajstić information content (AvgIpc) is 3.54. The molecule has 2 aromatic carbocycles. The van der Waals surface area contributed by atoms with Crippen LogP contribution in [0.25, 0.3) is 17.1 Å². The molecular weight excluding hydrogens is 531 g/mol. The van der Waals surface area contributed by atoms with E-state index in [4.69, 9.17) is 32.7 Å². The van der Waals surface area contributed by atoms with Gasteiger partial charge in [-0.25, -0.2) is 0 Å². The number of unbranched alkanes of at least 4 members (excludes halogenated alkanes) is 1. The van der Waals surface area contributed by atoms with Crippen LogP contribution in [-0.2, 0) is 14.3 Å². The van der Waals surface area contributed by atoms with E-state index in [1.807, 2.05) is 33.7 Å². The summed E-state index contributed by atoms with van der Waals surface area (Å²) in [7, 11) is 0. The van der Waals surface area contributed by atoms with Crippen molar-refractivity contribution in [3.05, 3.63) is 58.1 Å². The maximum atomic E-state index is 12.7. The van der Waals surface area contributed by atoms with Crippen molar-refractivity contribution in [2.75, 3.05) is 32.1 Å². The second-order valence-corrected chi connectivity index (χ2v) is 11.3. The summed E-state index contributed by atoms with van der Waals surface area (Å²) in [5.41, 5.74) is 3.00. The van der Waals surface area contributed by atoms with Gasteiger partial charge < -0.3 is 14.4 Å². The van der Waals surface area contributed by atoms with Crippen LogP contribution in [0.4, 0.5) is 0 Å². The number of ether oxygens (including phenoxy) is 2. The second-order valence-electron chi connectivity index (χ2n) is 9.40. The van der Waals surface area contributed by atoms with Gasteiger partial charge in [0.05, 0.1) is 28.9 Å². The molecule has 1 aromatic heterocycles. The lowest BCUT2D eigenvalue weighted by atomic mass is 10.0. The van der Waals surface area contributed by atoms with E-state index >= 15 is 0 Å². The van der Waals surface area contributed by atoms with Gasteiger partial charge in [-0.15, -0.1) is 10.2 Å². The van der Waals surface area contributed by atoms with Crippen LogP contribution in [0.2, 0.25) is 10.0 Å². The van der Waals surface area contributed by atoms with Crippen molar-refractivity contribution in [2.24, 2.45) is 0 Å². The molecule has 0 radical (unpaired) electrons. The average molecular weight is 562 g/mol. The van der Waals surface area contributed by atoms with E-state index in [1.165, 1.54) is 5.56 Å². The van der Waals surface area contributed by atoms with E-state index in [0.29, 0.717) is 42.8 Å². The van der Waals surface area contributed by atoms with Crippen LogP contribution < -0.4 is 0 Å². The Bertz CT molecular complexity index is 1230. The van der Waals surface area contributed by atoms with Gasteiger partial charge in [0.15, 0.2) is 16.8 Å². The number of rotatable bonds is 8. The van der Waals surface area contributed by atoms with Gasteiger partial charge in [0, 0.05) is 43.7 Å². The van der Waals surface area contributed by atoms with E-state index < -0.39 is 5.79 Å². The zero-order valence-corrected chi connectivity index (χ0v) is 23.1. The van der Waals surface area contributed by atoms with Crippen LogP contribution in [0.15, 0.2) is 47.6 Å². The Morgan fingerprint density at radius 3 is 2.43 bits per heavy atom. The van der Waals surface area contributed by atoms with Gasteiger partial charge in [0.1, 0.15) is 0 Å². The molecule has 7 nitrogen and oxygen atoms in total. The van der Waals surface area contributed by atoms with Crippen LogP contribution in [0.5, 0.6) is 0 Å². The van der Waals surface area contributed by atoms with Gasteiger partial charge in [-0.3, -0.25) is 9.36 Å². The lowest BCUT2D eigenvalue weighted by molar-refractivity contribution is -0.187. The molecule has 2 aliphatic heterocycles. The molecule has 2 aliphatic rings. The fraction of sp³-hybridized carbons (Fsp3) is 0.444. The molecular formula is C27H30Cl2N4O3S. The van der Waals surface area contributed by atoms with E-state index in [2.05, 4.69) is 29.3 Å². The highest BCUT2D eigenvalue weighted by Crippen LogP contribution is 2.33. The smallest absolute Gasteiger partial charge is 0.222 e. The highest BCUT2D eigenvalue weighted by Gasteiger charge is 2.40. The molecule has 5 rings (SSSR count). The number of halogens is 2. The summed E-state index contributed by atoms with van der Waals surface area (Å²) < 4.78 is 13.5. The first kappa shape index (κ1) is 26.5. The predicted molar refractivity (Wildman–Crippen MR) is 147 cm³/mol. The van der Waals surface area contributed by atoms with Crippen molar-refractivity contribution < 1.29 is 14.3 Å². The topological polar surface area (TPSA) is 69.5 Å².